The van der Waals surface area contributed by atoms with Gasteiger partial charge in [0.15, 0.2) is 0 Å². The Hall–Kier alpha value is -3.08. The molecule has 0 heterocycles. The molecular weight excluding hydrogens is 326 g/mol. The van der Waals surface area contributed by atoms with Gasteiger partial charge in [0.05, 0.1) is 0 Å². The quantitative estimate of drug-likeness (QED) is 0.670. The Balaban J connectivity index is 1.78. The second kappa shape index (κ2) is 10.0. The lowest BCUT2D eigenvalue weighted by Gasteiger charge is -2.09. The van der Waals surface area contributed by atoms with E-state index in [0.717, 1.165) is 22.3 Å². The average Bonchev–Trinajstić information content (AvgIpc) is 2.64. The molecule has 0 spiro atoms. The van der Waals surface area contributed by atoms with Crippen LogP contribution in [-0.2, 0) is 24.4 Å². The molecule has 2 aromatic rings. The molecule has 3 N–H and O–H groups in total. The molecule has 0 saturated carbocycles. The Kier molecular flexibility index (Phi) is 7.43. The molecule has 0 fully saturated rings. The minimum Gasteiger partial charge on any atom is -0.348 e. The maximum Gasteiger partial charge on any atom is 0.315 e. The zero-order chi connectivity index (χ0) is 18.8. The fourth-order valence-corrected chi connectivity index (χ4v) is 2.38. The van der Waals surface area contributed by atoms with Gasteiger partial charge in [-0.3, -0.25) is 4.79 Å². The average molecular weight is 351 g/mol. The van der Waals surface area contributed by atoms with Gasteiger partial charge in [-0.1, -0.05) is 60.2 Å². The first-order valence-electron chi connectivity index (χ1n) is 8.59. The topological polar surface area (TPSA) is 70.2 Å². The lowest BCUT2D eigenvalue weighted by atomic mass is 10.1. The van der Waals surface area contributed by atoms with Gasteiger partial charge in [-0.2, -0.15) is 0 Å². The molecule has 0 aliphatic heterocycles. The molecule has 2 rings (SSSR count). The molecule has 0 bridgehead atoms. The summed E-state index contributed by atoms with van der Waals surface area (Å²) < 4.78 is 0. The number of urea groups is 1. The fraction of sp³-hybridized carbons (Fsp3) is 0.238. The standard InChI is InChI=1S/C21H25N3O2/c1-16(2)11-20(25)22-14-18-9-6-10-19(12-18)15-24-21(26)23-13-17-7-4-3-5-8-17/h3-12H,13-15H2,1-2H3,(H,22,25)(H2,23,24,26). The minimum atomic E-state index is -0.212. The monoisotopic (exact) mass is 351 g/mol. The van der Waals surface area contributed by atoms with Crippen molar-refractivity contribution < 1.29 is 9.59 Å². The van der Waals surface area contributed by atoms with Gasteiger partial charge >= 0.3 is 6.03 Å². The van der Waals surface area contributed by atoms with E-state index in [1.54, 1.807) is 6.08 Å². The van der Waals surface area contributed by atoms with Crippen LogP contribution in [0.2, 0.25) is 0 Å². The highest BCUT2D eigenvalue weighted by Gasteiger charge is 2.02. The number of hydrogen-bond donors (Lipinski definition) is 3. The van der Waals surface area contributed by atoms with Gasteiger partial charge < -0.3 is 16.0 Å². The first-order chi connectivity index (χ1) is 12.5. The molecule has 0 aliphatic carbocycles. The predicted molar refractivity (Wildman–Crippen MR) is 103 cm³/mol. The lowest BCUT2D eigenvalue weighted by molar-refractivity contribution is -0.116. The van der Waals surface area contributed by atoms with Gasteiger partial charge in [0, 0.05) is 25.7 Å². The summed E-state index contributed by atoms with van der Waals surface area (Å²) in [6.07, 6.45) is 1.57. The molecule has 0 atom stereocenters. The van der Waals surface area contributed by atoms with Crippen LogP contribution in [0.15, 0.2) is 66.2 Å². The largest absolute Gasteiger partial charge is 0.348 e. The van der Waals surface area contributed by atoms with Crippen molar-refractivity contribution in [1.29, 1.82) is 0 Å². The predicted octanol–water partition coefficient (Wildman–Crippen LogP) is 3.27. The zero-order valence-electron chi connectivity index (χ0n) is 15.2. The van der Waals surface area contributed by atoms with Crippen molar-refractivity contribution >= 4 is 11.9 Å². The summed E-state index contributed by atoms with van der Waals surface area (Å²) in [5, 5.41) is 8.51. The molecule has 26 heavy (non-hydrogen) atoms. The number of carbonyl (C=O) groups excluding carboxylic acids is 2. The molecule has 0 unspecified atom stereocenters. The van der Waals surface area contributed by atoms with Crippen molar-refractivity contribution in [2.45, 2.75) is 33.5 Å². The number of rotatable bonds is 7. The van der Waals surface area contributed by atoms with Crippen LogP contribution in [0.25, 0.3) is 0 Å². The van der Waals surface area contributed by atoms with Gasteiger partial charge in [0.2, 0.25) is 5.91 Å². The molecule has 2 aromatic carbocycles. The highest BCUT2D eigenvalue weighted by Crippen LogP contribution is 2.05. The molecule has 0 aliphatic rings. The molecule has 136 valence electrons. The first-order valence-corrected chi connectivity index (χ1v) is 8.59. The molecule has 0 aromatic heterocycles. The number of allylic oxidation sites excluding steroid dienone is 1. The Morgan fingerprint density at radius 1 is 0.769 bits per heavy atom. The van der Waals surface area contributed by atoms with Crippen LogP contribution >= 0.6 is 0 Å². The Bertz CT molecular complexity index is 766. The lowest BCUT2D eigenvalue weighted by Crippen LogP contribution is -2.34. The smallest absolute Gasteiger partial charge is 0.315 e. The van der Waals surface area contributed by atoms with Crippen LogP contribution in [0.1, 0.15) is 30.5 Å². The van der Waals surface area contributed by atoms with E-state index in [1.165, 1.54) is 0 Å². The highest BCUT2D eigenvalue weighted by molar-refractivity contribution is 5.87. The Morgan fingerprint density at radius 3 is 1.92 bits per heavy atom. The van der Waals surface area contributed by atoms with Crippen molar-refractivity contribution in [2.24, 2.45) is 0 Å². The molecule has 0 radical (unpaired) electrons. The van der Waals surface area contributed by atoms with E-state index >= 15 is 0 Å². The van der Waals surface area contributed by atoms with Crippen LogP contribution < -0.4 is 16.0 Å². The Labute approximate surface area is 154 Å². The van der Waals surface area contributed by atoms with E-state index in [0.29, 0.717) is 19.6 Å². The van der Waals surface area contributed by atoms with Gasteiger partial charge in [-0.25, -0.2) is 4.79 Å². The Morgan fingerprint density at radius 2 is 1.31 bits per heavy atom. The minimum absolute atomic E-state index is 0.103. The third-order valence-corrected chi connectivity index (χ3v) is 3.63. The van der Waals surface area contributed by atoms with Gasteiger partial charge in [0.1, 0.15) is 0 Å². The SMILES string of the molecule is CC(C)=CC(=O)NCc1cccc(CNC(=O)NCc2ccccc2)c1. The number of nitrogens with one attached hydrogen (secondary N) is 3. The summed E-state index contributed by atoms with van der Waals surface area (Å²) >= 11 is 0. The second-order valence-corrected chi connectivity index (χ2v) is 6.28. The molecule has 5 heteroatoms. The summed E-state index contributed by atoms with van der Waals surface area (Å²) in [4.78, 5) is 23.6. The van der Waals surface area contributed by atoms with Crippen molar-refractivity contribution in [3.63, 3.8) is 0 Å². The highest BCUT2D eigenvalue weighted by atomic mass is 16.2. The maximum absolute atomic E-state index is 11.9. The van der Waals surface area contributed by atoms with E-state index in [2.05, 4.69) is 16.0 Å². The fourth-order valence-electron chi connectivity index (χ4n) is 2.38. The molecule has 5 nitrogen and oxygen atoms in total. The summed E-state index contributed by atoms with van der Waals surface area (Å²) in [7, 11) is 0. The third kappa shape index (κ3) is 7.21. The number of amides is 3. The van der Waals surface area contributed by atoms with Crippen molar-refractivity contribution in [2.75, 3.05) is 0 Å². The van der Waals surface area contributed by atoms with Gasteiger partial charge in [0.25, 0.3) is 0 Å². The van der Waals surface area contributed by atoms with Crippen LogP contribution in [0, 0.1) is 0 Å². The van der Waals surface area contributed by atoms with E-state index in [1.807, 2.05) is 68.4 Å². The van der Waals surface area contributed by atoms with Crippen LogP contribution in [-0.4, -0.2) is 11.9 Å². The summed E-state index contributed by atoms with van der Waals surface area (Å²) in [5.74, 6) is -0.103. The zero-order valence-corrected chi connectivity index (χ0v) is 15.2. The number of benzene rings is 2. The summed E-state index contributed by atoms with van der Waals surface area (Å²) in [6.45, 7) is 5.14. The molecule has 0 saturated heterocycles. The maximum atomic E-state index is 11.9. The molecular formula is C21H25N3O2. The normalized spacial score (nSPS) is 9.92. The summed E-state index contributed by atoms with van der Waals surface area (Å²) in [6, 6.07) is 17.3. The van der Waals surface area contributed by atoms with Gasteiger partial charge in [-0.15, -0.1) is 0 Å². The van der Waals surface area contributed by atoms with Crippen molar-refractivity contribution in [3.8, 4) is 0 Å². The van der Waals surface area contributed by atoms with E-state index in [-0.39, 0.29) is 11.9 Å². The van der Waals surface area contributed by atoms with Gasteiger partial charge in [-0.05, 0) is 30.5 Å². The number of carbonyl (C=O) groups is 2. The van der Waals surface area contributed by atoms with E-state index < -0.39 is 0 Å². The molecule has 3 amide bonds. The van der Waals surface area contributed by atoms with E-state index in [9.17, 15) is 9.59 Å². The second-order valence-electron chi connectivity index (χ2n) is 6.28. The number of hydrogen-bond acceptors (Lipinski definition) is 2. The van der Waals surface area contributed by atoms with E-state index in [4.69, 9.17) is 0 Å². The van der Waals surface area contributed by atoms with Crippen LogP contribution in [0.4, 0.5) is 4.79 Å². The summed E-state index contributed by atoms with van der Waals surface area (Å²) in [5.41, 5.74) is 3.98. The van der Waals surface area contributed by atoms with Crippen LogP contribution in [0.3, 0.4) is 0 Å². The van der Waals surface area contributed by atoms with Crippen LogP contribution in [0.5, 0.6) is 0 Å². The van der Waals surface area contributed by atoms with Crippen molar-refractivity contribution in [1.82, 2.24) is 16.0 Å². The third-order valence-electron chi connectivity index (χ3n) is 3.63. The first kappa shape index (κ1) is 19.2. The van der Waals surface area contributed by atoms with Crippen molar-refractivity contribution in [3.05, 3.63) is 82.9 Å².